The molecular formula is C12H15ClN2O4. The van der Waals surface area contributed by atoms with Crippen LogP contribution in [-0.2, 0) is 0 Å². The molecule has 1 atom stereocenters. The molecule has 0 spiro atoms. The smallest absolute Gasteiger partial charge is 0.300 e. The van der Waals surface area contributed by atoms with Crippen molar-refractivity contribution in [2.75, 3.05) is 6.61 Å². The van der Waals surface area contributed by atoms with Gasteiger partial charge in [0.15, 0.2) is 0 Å². The molecule has 0 saturated carbocycles. The molecule has 1 unspecified atom stereocenters. The Hall–Kier alpha value is -1.66. The number of hydrogen-bond donors (Lipinski definition) is 2. The van der Waals surface area contributed by atoms with Gasteiger partial charge in [0.1, 0.15) is 10.6 Å². The molecule has 0 fully saturated rings. The van der Waals surface area contributed by atoms with Gasteiger partial charge in [-0.2, -0.15) is 0 Å². The molecule has 0 aromatic heterocycles. The first-order valence-corrected chi connectivity index (χ1v) is 6.08. The molecular weight excluding hydrogens is 272 g/mol. The molecule has 104 valence electrons. The summed E-state index contributed by atoms with van der Waals surface area (Å²) in [4.78, 5) is 22.3. The number of nitrogens with zero attached hydrogens (tertiary/aromatic N) is 1. The molecule has 0 heterocycles. The number of aliphatic hydroxyl groups is 1. The highest BCUT2D eigenvalue weighted by atomic mass is 35.5. The fourth-order valence-electron chi connectivity index (χ4n) is 1.47. The standard InChI is InChI=1S/C12H15ClN2O4/c1-3-12(2,7-16)14-11(17)8-5-4-6-9(13)10(8)15(18)19/h4-6,16H,3,7H2,1-2H3,(H,14,17). The first kappa shape index (κ1) is 15.4. The fraction of sp³-hybridized carbons (Fsp3) is 0.417. The van der Waals surface area contributed by atoms with E-state index in [9.17, 15) is 20.0 Å². The zero-order valence-electron chi connectivity index (χ0n) is 10.6. The van der Waals surface area contributed by atoms with Crippen LogP contribution in [-0.4, -0.2) is 28.1 Å². The summed E-state index contributed by atoms with van der Waals surface area (Å²) in [5, 5.41) is 22.7. The minimum atomic E-state index is -0.826. The minimum absolute atomic E-state index is 0.0974. The second-order valence-electron chi connectivity index (χ2n) is 4.42. The molecule has 2 N–H and O–H groups in total. The van der Waals surface area contributed by atoms with Gasteiger partial charge >= 0.3 is 5.69 Å². The van der Waals surface area contributed by atoms with Crippen LogP contribution >= 0.6 is 11.6 Å². The normalized spacial score (nSPS) is 13.7. The molecule has 0 aliphatic carbocycles. The average molecular weight is 287 g/mol. The summed E-state index contributed by atoms with van der Waals surface area (Å²) in [6.07, 6.45) is 0.490. The molecule has 6 nitrogen and oxygen atoms in total. The number of benzene rings is 1. The van der Waals surface area contributed by atoms with E-state index in [1.54, 1.807) is 13.8 Å². The number of hydrogen-bond acceptors (Lipinski definition) is 4. The van der Waals surface area contributed by atoms with Crippen LogP contribution in [0.15, 0.2) is 18.2 Å². The molecule has 1 rings (SSSR count). The molecule has 7 heteroatoms. The Labute approximate surface area is 115 Å². The lowest BCUT2D eigenvalue weighted by Crippen LogP contribution is -2.48. The van der Waals surface area contributed by atoms with Crippen molar-refractivity contribution in [1.82, 2.24) is 5.32 Å². The van der Waals surface area contributed by atoms with Gasteiger partial charge in [-0.25, -0.2) is 0 Å². The number of carbonyl (C=O) groups excluding carboxylic acids is 1. The predicted octanol–water partition coefficient (Wildman–Crippen LogP) is 2.14. The van der Waals surface area contributed by atoms with Gasteiger partial charge in [-0.3, -0.25) is 14.9 Å². The highest BCUT2D eigenvalue weighted by Gasteiger charge is 2.29. The van der Waals surface area contributed by atoms with Crippen molar-refractivity contribution in [3.8, 4) is 0 Å². The van der Waals surface area contributed by atoms with Crippen molar-refractivity contribution < 1.29 is 14.8 Å². The molecule has 0 aliphatic heterocycles. The Bertz CT molecular complexity index is 501. The van der Waals surface area contributed by atoms with Crippen LogP contribution in [0.1, 0.15) is 30.6 Å². The van der Waals surface area contributed by atoms with Crippen molar-refractivity contribution >= 4 is 23.2 Å². The first-order chi connectivity index (χ1) is 8.84. The summed E-state index contributed by atoms with van der Waals surface area (Å²) < 4.78 is 0. The zero-order valence-corrected chi connectivity index (χ0v) is 11.4. The Morgan fingerprint density at radius 1 is 1.58 bits per heavy atom. The van der Waals surface area contributed by atoms with E-state index in [-0.39, 0.29) is 17.2 Å². The maximum Gasteiger partial charge on any atom is 0.300 e. The highest BCUT2D eigenvalue weighted by Crippen LogP contribution is 2.28. The number of nitro benzene ring substituents is 1. The van der Waals surface area contributed by atoms with Crippen molar-refractivity contribution in [2.24, 2.45) is 0 Å². The number of carbonyl (C=O) groups is 1. The van der Waals surface area contributed by atoms with Gasteiger partial charge in [-0.15, -0.1) is 0 Å². The van der Waals surface area contributed by atoms with Gasteiger partial charge < -0.3 is 10.4 Å². The quantitative estimate of drug-likeness (QED) is 0.640. The molecule has 1 aromatic carbocycles. The topological polar surface area (TPSA) is 92.5 Å². The number of rotatable bonds is 5. The van der Waals surface area contributed by atoms with Crippen LogP contribution in [0.2, 0.25) is 5.02 Å². The van der Waals surface area contributed by atoms with E-state index in [0.29, 0.717) is 6.42 Å². The van der Waals surface area contributed by atoms with Crippen LogP contribution in [0.4, 0.5) is 5.69 Å². The lowest BCUT2D eigenvalue weighted by molar-refractivity contribution is -0.385. The van der Waals surface area contributed by atoms with E-state index < -0.39 is 22.1 Å². The minimum Gasteiger partial charge on any atom is -0.394 e. The number of nitro groups is 1. The number of para-hydroxylation sites is 1. The zero-order chi connectivity index (χ0) is 14.6. The molecule has 0 radical (unpaired) electrons. The summed E-state index contributed by atoms with van der Waals surface area (Å²) in [5.74, 6) is -0.632. The third-order valence-electron chi connectivity index (χ3n) is 2.96. The van der Waals surface area contributed by atoms with Gasteiger partial charge in [0.2, 0.25) is 0 Å². The Balaban J connectivity index is 3.14. The predicted molar refractivity (Wildman–Crippen MR) is 71.4 cm³/mol. The summed E-state index contributed by atoms with van der Waals surface area (Å²) in [6.45, 7) is 3.19. The van der Waals surface area contributed by atoms with Crippen LogP contribution in [0, 0.1) is 10.1 Å². The van der Waals surface area contributed by atoms with Crippen LogP contribution in [0.25, 0.3) is 0 Å². The maximum atomic E-state index is 12.1. The van der Waals surface area contributed by atoms with Crippen molar-refractivity contribution in [1.29, 1.82) is 0 Å². The summed E-state index contributed by atoms with van der Waals surface area (Å²) >= 11 is 5.74. The molecule has 0 bridgehead atoms. The SMILES string of the molecule is CCC(C)(CO)NC(=O)c1cccc(Cl)c1[N+](=O)[O-]. The fourth-order valence-corrected chi connectivity index (χ4v) is 1.71. The van der Waals surface area contributed by atoms with E-state index in [2.05, 4.69) is 5.32 Å². The molecule has 1 aromatic rings. The van der Waals surface area contributed by atoms with Crippen LogP contribution in [0.5, 0.6) is 0 Å². The Morgan fingerprint density at radius 2 is 2.21 bits per heavy atom. The summed E-state index contributed by atoms with van der Waals surface area (Å²) in [5.41, 5.74) is -1.38. The van der Waals surface area contributed by atoms with E-state index >= 15 is 0 Å². The summed E-state index contributed by atoms with van der Waals surface area (Å²) in [6, 6.07) is 4.14. The Kier molecular flexibility index (Phi) is 4.85. The number of amides is 1. The third-order valence-corrected chi connectivity index (χ3v) is 3.26. The Morgan fingerprint density at radius 3 is 2.68 bits per heavy atom. The molecule has 1 amide bonds. The van der Waals surface area contributed by atoms with Gasteiger partial charge in [0.05, 0.1) is 17.1 Å². The van der Waals surface area contributed by atoms with E-state index in [1.165, 1.54) is 18.2 Å². The monoisotopic (exact) mass is 286 g/mol. The molecule has 0 aliphatic rings. The van der Waals surface area contributed by atoms with Gasteiger partial charge in [0, 0.05) is 0 Å². The summed E-state index contributed by atoms with van der Waals surface area (Å²) in [7, 11) is 0. The lowest BCUT2D eigenvalue weighted by Gasteiger charge is -2.27. The first-order valence-electron chi connectivity index (χ1n) is 5.71. The third kappa shape index (κ3) is 3.42. The second kappa shape index (κ2) is 5.99. The average Bonchev–Trinajstić information content (AvgIpc) is 2.37. The number of halogens is 1. The lowest BCUT2D eigenvalue weighted by atomic mass is 9.99. The largest absolute Gasteiger partial charge is 0.394 e. The molecule has 0 saturated heterocycles. The van der Waals surface area contributed by atoms with Crippen molar-refractivity contribution in [3.63, 3.8) is 0 Å². The van der Waals surface area contributed by atoms with E-state index in [0.717, 1.165) is 0 Å². The van der Waals surface area contributed by atoms with Crippen molar-refractivity contribution in [2.45, 2.75) is 25.8 Å². The van der Waals surface area contributed by atoms with Crippen LogP contribution < -0.4 is 5.32 Å². The van der Waals surface area contributed by atoms with Crippen LogP contribution in [0.3, 0.4) is 0 Å². The number of aliphatic hydroxyl groups excluding tert-OH is 1. The van der Waals surface area contributed by atoms with Gasteiger partial charge in [0.25, 0.3) is 5.91 Å². The molecule has 19 heavy (non-hydrogen) atoms. The van der Waals surface area contributed by atoms with E-state index in [1.807, 2.05) is 0 Å². The number of nitrogens with one attached hydrogen (secondary N) is 1. The second-order valence-corrected chi connectivity index (χ2v) is 4.83. The highest BCUT2D eigenvalue weighted by molar-refractivity contribution is 6.33. The van der Waals surface area contributed by atoms with Crippen molar-refractivity contribution in [3.05, 3.63) is 38.9 Å². The van der Waals surface area contributed by atoms with Gasteiger partial charge in [-0.05, 0) is 25.5 Å². The van der Waals surface area contributed by atoms with Gasteiger partial charge in [-0.1, -0.05) is 24.6 Å². The van der Waals surface area contributed by atoms with E-state index in [4.69, 9.17) is 11.6 Å². The maximum absolute atomic E-state index is 12.1.